The summed E-state index contributed by atoms with van der Waals surface area (Å²) >= 11 is 0. The van der Waals surface area contributed by atoms with Crippen molar-refractivity contribution in [3.63, 3.8) is 0 Å². The Morgan fingerprint density at radius 3 is 2.81 bits per heavy atom. The van der Waals surface area contributed by atoms with Gasteiger partial charge in [-0.05, 0) is 17.7 Å². The molecule has 106 valence electrons. The molecule has 1 amide bonds. The second-order valence-electron chi connectivity index (χ2n) is 4.68. The summed E-state index contributed by atoms with van der Waals surface area (Å²) in [7, 11) is 0. The van der Waals surface area contributed by atoms with E-state index in [1.807, 2.05) is 48.6 Å². The number of carbonyl (C=O) groups excluding carboxylic acids is 1. The van der Waals surface area contributed by atoms with Crippen LogP contribution >= 0.6 is 0 Å². The SMILES string of the molecule is O=C(OCc1ccccc1)N1C=CC=C[C@@H]1c1ccoc1. The van der Waals surface area contributed by atoms with Gasteiger partial charge >= 0.3 is 6.09 Å². The molecule has 0 aliphatic carbocycles. The summed E-state index contributed by atoms with van der Waals surface area (Å²) < 4.78 is 10.5. The fourth-order valence-corrected chi connectivity index (χ4v) is 2.18. The Hall–Kier alpha value is -2.75. The van der Waals surface area contributed by atoms with E-state index in [2.05, 4.69) is 0 Å². The first kappa shape index (κ1) is 13.2. The van der Waals surface area contributed by atoms with Crippen LogP contribution < -0.4 is 0 Å². The predicted octanol–water partition coefficient (Wildman–Crippen LogP) is 4.04. The standard InChI is InChI=1S/C17H15NO3/c19-17(21-12-14-6-2-1-3-7-14)18-10-5-4-8-16(18)15-9-11-20-13-15/h1-11,13,16H,12H2/t16-/m1/s1. The monoisotopic (exact) mass is 281 g/mol. The third kappa shape index (κ3) is 3.05. The van der Waals surface area contributed by atoms with Gasteiger partial charge in [0.15, 0.2) is 0 Å². The minimum absolute atomic E-state index is 0.197. The quantitative estimate of drug-likeness (QED) is 0.852. The molecule has 0 unspecified atom stereocenters. The van der Waals surface area contributed by atoms with Crippen LogP contribution in [0.1, 0.15) is 17.2 Å². The summed E-state index contributed by atoms with van der Waals surface area (Å²) in [5, 5.41) is 0. The number of ether oxygens (including phenoxy) is 1. The Balaban J connectivity index is 1.68. The van der Waals surface area contributed by atoms with Crippen molar-refractivity contribution in [3.05, 3.63) is 84.5 Å². The van der Waals surface area contributed by atoms with Gasteiger partial charge in [0.05, 0.1) is 18.6 Å². The van der Waals surface area contributed by atoms with Crippen molar-refractivity contribution in [1.29, 1.82) is 0 Å². The molecule has 0 saturated heterocycles. The number of furan rings is 1. The number of benzene rings is 1. The molecule has 0 N–H and O–H groups in total. The average Bonchev–Trinajstić information content (AvgIpc) is 3.08. The number of carbonyl (C=O) groups is 1. The zero-order valence-electron chi connectivity index (χ0n) is 11.4. The minimum Gasteiger partial charge on any atom is -0.472 e. The molecule has 2 aromatic rings. The molecular formula is C17H15NO3. The maximum atomic E-state index is 12.3. The Morgan fingerprint density at radius 2 is 2.05 bits per heavy atom. The Labute approximate surface area is 122 Å². The van der Waals surface area contributed by atoms with Crippen molar-refractivity contribution in [2.24, 2.45) is 0 Å². The molecule has 0 spiro atoms. The summed E-state index contributed by atoms with van der Waals surface area (Å²) in [5.74, 6) is 0. The van der Waals surface area contributed by atoms with Gasteiger partial charge in [-0.1, -0.05) is 42.5 Å². The molecule has 3 rings (SSSR count). The molecule has 4 nitrogen and oxygen atoms in total. The molecule has 0 bridgehead atoms. The van der Waals surface area contributed by atoms with E-state index in [-0.39, 0.29) is 18.7 Å². The first-order valence-corrected chi connectivity index (χ1v) is 6.71. The number of nitrogens with zero attached hydrogens (tertiary/aromatic N) is 1. The van der Waals surface area contributed by atoms with Crippen LogP contribution in [0.5, 0.6) is 0 Å². The molecule has 4 heteroatoms. The van der Waals surface area contributed by atoms with Crippen molar-refractivity contribution in [2.75, 3.05) is 0 Å². The van der Waals surface area contributed by atoms with Gasteiger partial charge in [0.1, 0.15) is 6.61 Å². The maximum absolute atomic E-state index is 12.3. The van der Waals surface area contributed by atoms with E-state index in [1.165, 1.54) is 0 Å². The van der Waals surface area contributed by atoms with Crippen molar-refractivity contribution in [1.82, 2.24) is 4.90 Å². The summed E-state index contributed by atoms with van der Waals surface area (Å²) in [5.41, 5.74) is 1.87. The predicted molar refractivity (Wildman–Crippen MR) is 78.2 cm³/mol. The zero-order valence-corrected chi connectivity index (χ0v) is 11.4. The van der Waals surface area contributed by atoms with Crippen LogP contribution in [0.15, 0.2) is 77.8 Å². The fraction of sp³-hybridized carbons (Fsp3) is 0.118. The summed E-state index contributed by atoms with van der Waals surface area (Å²) in [6.45, 7) is 0.256. The molecular weight excluding hydrogens is 266 g/mol. The van der Waals surface area contributed by atoms with Gasteiger partial charge in [-0.25, -0.2) is 4.79 Å². The van der Waals surface area contributed by atoms with E-state index in [4.69, 9.17) is 9.15 Å². The van der Waals surface area contributed by atoms with Gasteiger partial charge in [0.25, 0.3) is 0 Å². The van der Waals surface area contributed by atoms with E-state index < -0.39 is 0 Å². The lowest BCUT2D eigenvalue weighted by Gasteiger charge is -2.26. The van der Waals surface area contributed by atoms with Gasteiger partial charge in [-0.15, -0.1) is 0 Å². The first-order valence-electron chi connectivity index (χ1n) is 6.71. The number of hydrogen-bond donors (Lipinski definition) is 0. The Bertz CT molecular complexity index is 644. The van der Waals surface area contributed by atoms with E-state index >= 15 is 0 Å². The van der Waals surface area contributed by atoms with Crippen LogP contribution in [0.2, 0.25) is 0 Å². The lowest BCUT2D eigenvalue weighted by molar-refractivity contribution is 0.103. The molecule has 1 atom stereocenters. The van der Waals surface area contributed by atoms with E-state index in [1.54, 1.807) is 29.7 Å². The molecule has 2 heterocycles. The number of hydrogen-bond acceptors (Lipinski definition) is 3. The molecule has 0 saturated carbocycles. The smallest absolute Gasteiger partial charge is 0.414 e. The average molecular weight is 281 g/mol. The van der Waals surface area contributed by atoms with Crippen LogP contribution in [-0.2, 0) is 11.3 Å². The molecule has 21 heavy (non-hydrogen) atoms. The minimum atomic E-state index is -0.384. The number of allylic oxidation sites excluding steroid dienone is 2. The normalized spacial score (nSPS) is 17.0. The van der Waals surface area contributed by atoms with Crippen LogP contribution in [0, 0.1) is 0 Å². The van der Waals surface area contributed by atoms with Crippen molar-refractivity contribution >= 4 is 6.09 Å². The molecule has 1 aliphatic heterocycles. The second-order valence-corrected chi connectivity index (χ2v) is 4.68. The van der Waals surface area contributed by atoms with E-state index in [9.17, 15) is 4.79 Å². The molecule has 1 aliphatic rings. The highest BCUT2D eigenvalue weighted by molar-refractivity contribution is 5.70. The van der Waals surface area contributed by atoms with Gasteiger partial charge in [0, 0.05) is 11.8 Å². The highest BCUT2D eigenvalue weighted by Crippen LogP contribution is 2.26. The highest BCUT2D eigenvalue weighted by Gasteiger charge is 2.24. The highest BCUT2D eigenvalue weighted by atomic mass is 16.6. The third-order valence-electron chi connectivity index (χ3n) is 3.25. The molecule has 1 aromatic carbocycles. The van der Waals surface area contributed by atoms with E-state index in [0.717, 1.165) is 11.1 Å². The number of rotatable bonds is 3. The third-order valence-corrected chi connectivity index (χ3v) is 3.25. The van der Waals surface area contributed by atoms with Crippen LogP contribution in [-0.4, -0.2) is 11.0 Å². The van der Waals surface area contributed by atoms with Gasteiger partial charge < -0.3 is 9.15 Å². The zero-order chi connectivity index (χ0) is 14.5. The van der Waals surface area contributed by atoms with Crippen LogP contribution in [0.25, 0.3) is 0 Å². The second kappa shape index (κ2) is 6.13. The lowest BCUT2D eigenvalue weighted by atomic mass is 10.1. The van der Waals surface area contributed by atoms with Crippen LogP contribution in [0.4, 0.5) is 4.79 Å². The topological polar surface area (TPSA) is 42.7 Å². The molecule has 0 radical (unpaired) electrons. The fourth-order valence-electron chi connectivity index (χ4n) is 2.18. The van der Waals surface area contributed by atoms with Crippen molar-refractivity contribution in [2.45, 2.75) is 12.6 Å². The summed E-state index contributed by atoms with van der Waals surface area (Å²) in [4.78, 5) is 13.8. The first-order chi connectivity index (χ1) is 10.3. The van der Waals surface area contributed by atoms with Crippen molar-refractivity contribution in [3.8, 4) is 0 Å². The lowest BCUT2D eigenvalue weighted by Crippen LogP contribution is -2.30. The number of amides is 1. The summed E-state index contributed by atoms with van der Waals surface area (Å²) in [6, 6.07) is 11.3. The van der Waals surface area contributed by atoms with Gasteiger partial charge in [-0.2, -0.15) is 0 Å². The van der Waals surface area contributed by atoms with Gasteiger partial charge in [0.2, 0.25) is 0 Å². The largest absolute Gasteiger partial charge is 0.472 e. The molecule has 0 fully saturated rings. The van der Waals surface area contributed by atoms with E-state index in [0.29, 0.717) is 0 Å². The van der Waals surface area contributed by atoms with Crippen LogP contribution in [0.3, 0.4) is 0 Å². The molecule has 1 aromatic heterocycles. The summed E-state index contributed by atoms with van der Waals surface area (Å²) in [6.07, 6.45) is 10.2. The Morgan fingerprint density at radius 1 is 1.19 bits per heavy atom. The maximum Gasteiger partial charge on any atom is 0.414 e. The van der Waals surface area contributed by atoms with Crippen molar-refractivity contribution < 1.29 is 13.9 Å². The van der Waals surface area contributed by atoms with Gasteiger partial charge in [-0.3, -0.25) is 4.90 Å². The Kier molecular flexibility index (Phi) is 3.87.